The van der Waals surface area contributed by atoms with Crippen LogP contribution in [0.1, 0.15) is 48.8 Å². The SMILES string of the molecule is CCCCCCC.[Ca+2].[H-].[H-]. The average molecular weight is 142 g/mol. The molecule has 0 nitrogen and oxygen atoms in total. The van der Waals surface area contributed by atoms with Crippen LogP contribution < -0.4 is 0 Å². The molecule has 0 aliphatic heterocycles. The van der Waals surface area contributed by atoms with E-state index in [9.17, 15) is 0 Å². The first-order valence-corrected chi connectivity index (χ1v) is 3.41. The van der Waals surface area contributed by atoms with E-state index in [-0.39, 0.29) is 40.6 Å². The third-order valence-corrected chi connectivity index (χ3v) is 1.21. The molecule has 0 aromatic carbocycles. The maximum Gasteiger partial charge on any atom is 2.00 e. The van der Waals surface area contributed by atoms with Gasteiger partial charge in [0.15, 0.2) is 0 Å². The molecule has 0 atom stereocenters. The minimum atomic E-state index is 0. The van der Waals surface area contributed by atoms with Crippen molar-refractivity contribution in [3.63, 3.8) is 0 Å². The Morgan fingerprint density at radius 2 is 1.25 bits per heavy atom. The second-order valence-electron chi connectivity index (χ2n) is 2.06. The molecule has 8 heavy (non-hydrogen) atoms. The number of unbranched alkanes of at least 4 members (excludes halogenated alkanes) is 4. The molecule has 0 aromatic rings. The molecule has 0 heterocycles. The van der Waals surface area contributed by atoms with Crippen molar-refractivity contribution >= 4 is 37.7 Å². The van der Waals surface area contributed by atoms with Crippen molar-refractivity contribution in [1.82, 2.24) is 0 Å². The van der Waals surface area contributed by atoms with Crippen LogP contribution >= 0.6 is 0 Å². The van der Waals surface area contributed by atoms with E-state index >= 15 is 0 Å². The molecule has 0 N–H and O–H groups in total. The molecule has 0 radical (unpaired) electrons. The predicted octanol–water partition coefficient (Wildman–Crippen LogP) is 2.82. The van der Waals surface area contributed by atoms with E-state index < -0.39 is 0 Å². The summed E-state index contributed by atoms with van der Waals surface area (Å²) in [6.07, 6.45) is 7.01. The standard InChI is InChI=1S/C7H16.Ca.2H/c1-3-5-7-6-4-2;;;/h3-7H2,1-2H3;;;/q;+2;2*-1. The normalized spacial score (nSPS) is 8.25. The molecule has 0 amide bonds. The first kappa shape index (κ1) is 12.0. The second kappa shape index (κ2) is 11.1. The molecule has 0 unspecified atom stereocenters. The topological polar surface area (TPSA) is 0 Å². The van der Waals surface area contributed by atoms with E-state index in [4.69, 9.17) is 0 Å². The number of rotatable bonds is 4. The Balaban J connectivity index is -0.0000000600. The molecule has 0 fully saturated rings. The second-order valence-corrected chi connectivity index (χ2v) is 2.06. The summed E-state index contributed by atoms with van der Waals surface area (Å²) >= 11 is 0. The summed E-state index contributed by atoms with van der Waals surface area (Å²) in [5, 5.41) is 0. The van der Waals surface area contributed by atoms with Gasteiger partial charge < -0.3 is 2.85 Å². The maximum atomic E-state index is 2.25. The van der Waals surface area contributed by atoms with Crippen LogP contribution in [0.4, 0.5) is 0 Å². The molecule has 1 heteroatoms. The zero-order chi connectivity index (χ0) is 5.54. The summed E-state index contributed by atoms with van der Waals surface area (Å²) in [4.78, 5) is 0. The van der Waals surface area contributed by atoms with E-state index in [1.807, 2.05) is 0 Å². The molecular weight excluding hydrogens is 124 g/mol. The third-order valence-electron chi connectivity index (χ3n) is 1.21. The summed E-state index contributed by atoms with van der Waals surface area (Å²) in [6.45, 7) is 4.49. The van der Waals surface area contributed by atoms with Crippen LogP contribution in [0.3, 0.4) is 0 Å². The van der Waals surface area contributed by atoms with Crippen molar-refractivity contribution < 1.29 is 2.85 Å². The van der Waals surface area contributed by atoms with Crippen LogP contribution in [0.25, 0.3) is 0 Å². The van der Waals surface area contributed by atoms with E-state index in [0.717, 1.165) is 0 Å². The maximum absolute atomic E-state index is 2.25. The number of hydrogen-bond acceptors (Lipinski definition) is 0. The summed E-state index contributed by atoms with van der Waals surface area (Å²) in [7, 11) is 0. The molecule has 0 bridgehead atoms. The first-order chi connectivity index (χ1) is 3.41. The van der Waals surface area contributed by atoms with Crippen LogP contribution in [-0.2, 0) is 0 Å². The van der Waals surface area contributed by atoms with Crippen LogP contribution in [0.15, 0.2) is 0 Å². The van der Waals surface area contributed by atoms with Gasteiger partial charge in [-0.2, -0.15) is 0 Å². The van der Waals surface area contributed by atoms with Gasteiger partial charge in [0.05, 0.1) is 0 Å². The van der Waals surface area contributed by atoms with Gasteiger partial charge in [0.25, 0.3) is 0 Å². The minimum absolute atomic E-state index is 0. The molecule has 0 saturated carbocycles. The van der Waals surface area contributed by atoms with E-state index in [0.29, 0.717) is 0 Å². The molecule has 0 rings (SSSR count). The van der Waals surface area contributed by atoms with Crippen LogP contribution in [0.2, 0.25) is 0 Å². The summed E-state index contributed by atoms with van der Waals surface area (Å²) < 4.78 is 0. The van der Waals surface area contributed by atoms with Gasteiger partial charge in [0, 0.05) is 0 Å². The quantitative estimate of drug-likeness (QED) is 0.418. The van der Waals surface area contributed by atoms with Crippen molar-refractivity contribution in [2.45, 2.75) is 46.0 Å². The van der Waals surface area contributed by atoms with Gasteiger partial charge in [-0.25, -0.2) is 0 Å². The van der Waals surface area contributed by atoms with Crippen molar-refractivity contribution in [2.75, 3.05) is 0 Å². The molecule has 0 spiro atoms. The fourth-order valence-corrected chi connectivity index (χ4v) is 0.677. The van der Waals surface area contributed by atoms with Gasteiger partial charge >= 0.3 is 37.7 Å². The average Bonchev–Trinajstić information content (AvgIpc) is 1.69. The van der Waals surface area contributed by atoms with Gasteiger partial charge in [-0.05, 0) is 0 Å². The van der Waals surface area contributed by atoms with Crippen LogP contribution in [0.5, 0.6) is 0 Å². The Morgan fingerprint density at radius 1 is 0.875 bits per heavy atom. The molecule has 0 aliphatic carbocycles. The zero-order valence-corrected chi connectivity index (χ0v) is 8.45. The van der Waals surface area contributed by atoms with Gasteiger partial charge in [-0.1, -0.05) is 46.0 Å². The fraction of sp³-hybridized carbons (Fsp3) is 1.00. The van der Waals surface area contributed by atoms with Gasteiger partial charge in [-0.15, -0.1) is 0 Å². The first-order valence-electron chi connectivity index (χ1n) is 3.41. The predicted molar refractivity (Wildman–Crippen MR) is 42.4 cm³/mol. The molecule has 0 aromatic heterocycles. The van der Waals surface area contributed by atoms with Gasteiger partial charge in [0.1, 0.15) is 0 Å². The van der Waals surface area contributed by atoms with Crippen molar-refractivity contribution in [2.24, 2.45) is 0 Å². The molecule has 48 valence electrons. The Hall–Kier alpha value is 1.26. The monoisotopic (exact) mass is 142 g/mol. The van der Waals surface area contributed by atoms with E-state index in [1.165, 1.54) is 32.1 Å². The Bertz CT molecular complexity index is 30.8. The van der Waals surface area contributed by atoms with Crippen molar-refractivity contribution in [3.05, 3.63) is 0 Å². The summed E-state index contributed by atoms with van der Waals surface area (Å²) in [5.41, 5.74) is 0. The van der Waals surface area contributed by atoms with Crippen molar-refractivity contribution in [3.8, 4) is 0 Å². The largest absolute Gasteiger partial charge is 2.00 e. The Labute approximate surface area is 86.0 Å². The van der Waals surface area contributed by atoms with Gasteiger partial charge in [0.2, 0.25) is 0 Å². The van der Waals surface area contributed by atoms with Crippen LogP contribution in [-0.4, -0.2) is 37.7 Å². The van der Waals surface area contributed by atoms with E-state index in [2.05, 4.69) is 13.8 Å². The molecular formula is C7H18Ca. The Morgan fingerprint density at radius 3 is 1.50 bits per heavy atom. The van der Waals surface area contributed by atoms with Crippen LogP contribution in [0, 0.1) is 0 Å². The zero-order valence-electron chi connectivity index (χ0n) is 8.24. The molecule has 0 aliphatic rings. The summed E-state index contributed by atoms with van der Waals surface area (Å²) in [5.74, 6) is 0. The van der Waals surface area contributed by atoms with Gasteiger partial charge in [-0.3, -0.25) is 0 Å². The molecule has 0 saturated heterocycles. The van der Waals surface area contributed by atoms with Crippen molar-refractivity contribution in [1.29, 1.82) is 0 Å². The minimum Gasteiger partial charge on any atom is -1.00 e. The number of hydrogen-bond donors (Lipinski definition) is 0. The summed E-state index contributed by atoms with van der Waals surface area (Å²) in [6, 6.07) is 0. The third kappa shape index (κ3) is 10.3. The smallest absolute Gasteiger partial charge is 1.00 e. The Kier molecular flexibility index (Phi) is 16.6. The van der Waals surface area contributed by atoms with E-state index in [1.54, 1.807) is 0 Å². The fourth-order valence-electron chi connectivity index (χ4n) is 0.677.